The van der Waals surface area contributed by atoms with Crippen molar-refractivity contribution in [1.82, 2.24) is 9.78 Å². The molecule has 0 bridgehead atoms. The zero-order valence-electron chi connectivity index (χ0n) is 20.7. The number of alkyl halides is 3. The fraction of sp³-hybridized carbons (Fsp3) is 0.0714. The summed E-state index contributed by atoms with van der Waals surface area (Å²) in [7, 11) is -3.67. The molecule has 7 nitrogen and oxygen atoms in total. The van der Waals surface area contributed by atoms with E-state index >= 15 is 4.39 Å². The molecule has 1 heterocycles. The minimum absolute atomic E-state index is 0.0349. The van der Waals surface area contributed by atoms with E-state index in [9.17, 15) is 26.4 Å². The van der Waals surface area contributed by atoms with Gasteiger partial charge in [-0.25, -0.2) is 17.5 Å². The van der Waals surface area contributed by atoms with E-state index in [-0.39, 0.29) is 33.1 Å². The van der Waals surface area contributed by atoms with E-state index in [2.05, 4.69) is 10.4 Å². The molecule has 0 fully saturated rings. The number of amides is 1. The summed E-state index contributed by atoms with van der Waals surface area (Å²) < 4.78 is 81.0. The second-order valence-electron chi connectivity index (χ2n) is 9.00. The van der Waals surface area contributed by atoms with Gasteiger partial charge in [0.15, 0.2) is 15.5 Å². The van der Waals surface area contributed by atoms with Gasteiger partial charge in [0.1, 0.15) is 11.5 Å². The SMILES string of the molecule is CS(=O)(=O)c1ccccc1-c1ccc(NC(=O)c2cc(C(F)(F)F)nn2-c2cc3ccccc3cc2N)cc1F. The summed E-state index contributed by atoms with van der Waals surface area (Å²) in [4.78, 5) is 13.1. The minimum Gasteiger partial charge on any atom is -0.397 e. The number of nitrogen functional groups attached to an aromatic ring is 1. The van der Waals surface area contributed by atoms with Crippen molar-refractivity contribution in [2.24, 2.45) is 0 Å². The van der Waals surface area contributed by atoms with Crippen LogP contribution in [0.3, 0.4) is 0 Å². The molecule has 0 saturated carbocycles. The first-order chi connectivity index (χ1) is 18.8. The highest BCUT2D eigenvalue weighted by Gasteiger charge is 2.36. The molecule has 0 atom stereocenters. The third-order valence-corrected chi connectivity index (χ3v) is 7.31. The number of nitrogens with two attached hydrogens (primary N) is 1. The van der Waals surface area contributed by atoms with Gasteiger partial charge in [0.05, 0.1) is 16.3 Å². The summed E-state index contributed by atoms with van der Waals surface area (Å²) >= 11 is 0. The van der Waals surface area contributed by atoms with Crippen LogP contribution in [0.2, 0.25) is 0 Å². The second kappa shape index (κ2) is 9.79. The number of anilines is 2. The molecular weight excluding hydrogens is 548 g/mol. The molecule has 5 aromatic rings. The summed E-state index contributed by atoms with van der Waals surface area (Å²) in [6.45, 7) is 0. The van der Waals surface area contributed by atoms with Crippen LogP contribution in [0.4, 0.5) is 28.9 Å². The van der Waals surface area contributed by atoms with Gasteiger partial charge in [-0.1, -0.05) is 42.5 Å². The first-order valence-corrected chi connectivity index (χ1v) is 13.6. The highest BCUT2D eigenvalue weighted by Crippen LogP contribution is 2.33. The van der Waals surface area contributed by atoms with E-state index in [0.717, 1.165) is 22.4 Å². The molecule has 12 heteroatoms. The van der Waals surface area contributed by atoms with Gasteiger partial charge in [-0.2, -0.15) is 18.3 Å². The Labute approximate surface area is 225 Å². The number of fused-ring (bicyclic) bond motifs is 1. The fourth-order valence-electron chi connectivity index (χ4n) is 4.31. The molecule has 1 aromatic heterocycles. The predicted molar refractivity (Wildman–Crippen MR) is 143 cm³/mol. The van der Waals surface area contributed by atoms with Crippen molar-refractivity contribution in [3.05, 3.63) is 102 Å². The number of hydrogen-bond acceptors (Lipinski definition) is 5. The van der Waals surface area contributed by atoms with Crippen LogP contribution >= 0.6 is 0 Å². The maximum absolute atomic E-state index is 15.1. The van der Waals surface area contributed by atoms with Crippen molar-refractivity contribution >= 4 is 37.9 Å². The monoisotopic (exact) mass is 568 g/mol. The third-order valence-electron chi connectivity index (χ3n) is 6.16. The molecule has 40 heavy (non-hydrogen) atoms. The average molecular weight is 569 g/mol. The standard InChI is InChI=1S/C28H20F4N4O3S/c1-40(38,39)25-9-5-4-8-20(25)19-11-10-18(14-21(19)29)34-27(37)24-15-26(28(30,31)32)35-36(24)23-13-17-7-3-2-6-16(17)12-22(23)33/h2-15H,33H2,1H3,(H,34,37). The van der Waals surface area contributed by atoms with Crippen molar-refractivity contribution in [2.75, 3.05) is 17.3 Å². The minimum atomic E-state index is -4.85. The van der Waals surface area contributed by atoms with E-state index in [1.54, 1.807) is 36.4 Å². The number of nitrogens with zero attached hydrogens (tertiary/aromatic N) is 2. The Morgan fingerprint density at radius 2 is 1.55 bits per heavy atom. The molecule has 0 aliphatic carbocycles. The van der Waals surface area contributed by atoms with E-state index in [1.165, 1.54) is 36.4 Å². The highest BCUT2D eigenvalue weighted by molar-refractivity contribution is 7.90. The number of carbonyl (C=O) groups excluding carboxylic acids is 1. The molecule has 4 aromatic carbocycles. The molecule has 3 N–H and O–H groups in total. The number of nitrogens with one attached hydrogen (secondary N) is 1. The maximum Gasteiger partial charge on any atom is 0.435 e. The lowest BCUT2D eigenvalue weighted by atomic mass is 10.0. The van der Waals surface area contributed by atoms with Gasteiger partial charge in [-0.15, -0.1) is 0 Å². The zero-order valence-corrected chi connectivity index (χ0v) is 21.5. The highest BCUT2D eigenvalue weighted by atomic mass is 32.2. The number of rotatable bonds is 5. The topological polar surface area (TPSA) is 107 Å². The van der Waals surface area contributed by atoms with Gasteiger partial charge >= 0.3 is 6.18 Å². The van der Waals surface area contributed by atoms with Gasteiger partial charge in [0.2, 0.25) is 0 Å². The first-order valence-electron chi connectivity index (χ1n) is 11.7. The number of halogens is 4. The molecule has 0 aliphatic rings. The lowest BCUT2D eigenvalue weighted by molar-refractivity contribution is -0.141. The van der Waals surface area contributed by atoms with Crippen molar-refractivity contribution in [3.8, 4) is 16.8 Å². The Morgan fingerprint density at radius 1 is 0.900 bits per heavy atom. The molecule has 0 radical (unpaired) electrons. The molecular formula is C28H20F4N4O3S. The lowest BCUT2D eigenvalue weighted by Crippen LogP contribution is -2.18. The van der Waals surface area contributed by atoms with Crippen LogP contribution in [0.25, 0.3) is 27.6 Å². The zero-order chi connectivity index (χ0) is 28.8. The predicted octanol–water partition coefficient (Wildman–Crippen LogP) is 6.09. The van der Waals surface area contributed by atoms with Crippen LogP contribution in [0, 0.1) is 5.82 Å². The van der Waals surface area contributed by atoms with E-state index in [1.807, 2.05) is 0 Å². The van der Waals surface area contributed by atoms with Gasteiger partial charge < -0.3 is 11.1 Å². The number of carbonyl (C=O) groups is 1. The number of hydrogen-bond donors (Lipinski definition) is 2. The fourth-order valence-corrected chi connectivity index (χ4v) is 5.22. The summed E-state index contributed by atoms with van der Waals surface area (Å²) in [6.07, 6.45) is -3.86. The van der Waals surface area contributed by atoms with E-state index in [0.29, 0.717) is 11.5 Å². The maximum atomic E-state index is 15.1. The van der Waals surface area contributed by atoms with Crippen molar-refractivity contribution in [3.63, 3.8) is 0 Å². The molecule has 5 rings (SSSR count). The van der Waals surface area contributed by atoms with Crippen LogP contribution < -0.4 is 11.1 Å². The molecule has 1 amide bonds. The first kappa shape index (κ1) is 26.9. The quantitative estimate of drug-likeness (QED) is 0.197. The van der Waals surface area contributed by atoms with Crippen molar-refractivity contribution < 1.29 is 30.8 Å². The number of aromatic nitrogens is 2. The second-order valence-corrected chi connectivity index (χ2v) is 11.0. The molecule has 0 aliphatic heterocycles. The Balaban J connectivity index is 1.54. The van der Waals surface area contributed by atoms with Crippen LogP contribution in [0.5, 0.6) is 0 Å². The van der Waals surface area contributed by atoms with Crippen LogP contribution in [-0.2, 0) is 16.0 Å². The van der Waals surface area contributed by atoms with Crippen molar-refractivity contribution in [2.45, 2.75) is 11.1 Å². The summed E-state index contributed by atoms with van der Waals surface area (Å²) in [6, 6.07) is 20.1. The van der Waals surface area contributed by atoms with Crippen molar-refractivity contribution in [1.29, 1.82) is 0 Å². The Morgan fingerprint density at radius 3 is 2.20 bits per heavy atom. The Kier molecular flexibility index (Phi) is 6.58. The smallest absolute Gasteiger partial charge is 0.397 e. The van der Waals surface area contributed by atoms with Crippen LogP contribution in [-0.4, -0.2) is 30.4 Å². The molecule has 204 valence electrons. The van der Waals surface area contributed by atoms with Gasteiger partial charge in [-0.05, 0) is 47.2 Å². The normalized spacial score (nSPS) is 12.0. The largest absolute Gasteiger partial charge is 0.435 e. The average Bonchev–Trinajstić information content (AvgIpc) is 3.34. The van der Waals surface area contributed by atoms with Gasteiger partial charge in [0, 0.05) is 29.1 Å². The summed E-state index contributed by atoms with van der Waals surface area (Å²) in [5.41, 5.74) is 4.48. The molecule has 0 spiro atoms. The molecule has 0 saturated heterocycles. The summed E-state index contributed by atoms with van der Waals surface area (Å²) in [5.74, 6) is -1.85. The van der Waals surface area contributed by atoms with Gasteiger partial charge in [0.25, 0.3) is 5.91 Å². The van der Waals surface area contributed by atoms with Crippen LogP contribution in [0.15, 0.2) is 89.8 Å². The van der Waals surface area contributed by atoms with Gasteiger partial charge in [-0.3, -0.25) is 4.79 Å². The molecule has 0 unspecified atom stereocenters. The van der Waals surface area contributed by atoms with Crippen LogP contribution in [0.1, 0.15) is 16.2 Å². The van der Waals surface area contributed by atoms with E-state index in [4.69, 9.17) is 5.73 Å². The Hall–Kier alpha value is -4.71. The lowest BCUT2D eigenvalue weighted by Gasteiger charge is -2.13. The number of benzene rings is 4. The Bertz CT molecular complexity index is 1900. The number of sulfone groups is 1. The van der Waals surface area contributed by atoms with E-state index < -0.39 is 39.1 Å². The summed E-state index contributed by atoms with van der Waals surface area (Å²) in [5, 5.41) is 7.40. The third kappa shape index (κ3) is 5.13.